The lowest BCUT2D eigenvalue weighted by molar-refractivity contribution is 0.111. The summed E-state index contributed by atoms with van der Waals surface area (Å²) in [6.07, 6.45) is -1.82. The average Bonchev–Trinajstić information content (AvgIpc) is 1.86. The highest BCUT2D eigenvalue weighted by Crippen LogP contribution is 2.11. The lowest BCUT2D eigenvalue weighted by atomic mass is 10.1. The van der Waals surface area contributed by atoms with E-state index in [0.29, 0.717) is 12.3 Å². The molecule has 11 heavy (non-hydrogen) atoms. The van der Waals surface area contributed by atoms with Crippen LogP contribution in [0.15, 0.2) is 12.1 Å². The minimum Gasteiger partial charge on any atom is -0.467 e. The number of hydrogen-bond donors (Lipinski definition) is 0. The zero-order valence-electron chi connectivity index (χ0n) is 6.53. The molecule has 0 fully saturated rings. The molecule has 0 aliphatic heterocycles. The molecule has 0 atom stereocenters. The van der Waals surface area contributed by atoms with Crippen molar-refractivity contribution in [2.45, 2.75) is 20.3 Å². The molecule has 66 valence electrons. The Morgan fingerprint density at radius 1 is 1.27 bits per heavy atom. The Hall–Kier alpha value is -0.670. The summed E-state index contributed by atoms with van der Waals surface area (Å²) < 4.78 is 38.6. The zero-order chi connectivity index (χ0) is 8.85. The van der Waals surface area contributed by atoms with Gasteiger partial charge in [0.05, 0.1) is 6.61 Å². The summed E-state index contributed by atoms with van der Waals surface area (Å²) in [7, 11) is 0. The third-order valence-corrected chi connectivity index (χ3v) is 1.07. The van der Waals surface area contributed by atoms with Gasteiger partial charge in [-0.05, 0) is 12.3 Å². The average molecular weight is 168 g/mol. The van der Waals surface area contributed by atoms with Crippen molar-refractivity contribution in [3.63, 3.8) is 0 Å². The van der Waals surface area contributed by atoms with Crippen molar-refractivity contribution in [1.29, 1.82) is 0 Å². The van der Waals surface area contributed by atoms with Gasteiger partial charge in [0, 0.05) is 0 Å². The highest BCUT2D eigenvalue weighted by molar-refractivity contribution is 4.80. The Kier molecular flexibility index (Phi) is 4.74. The number of rotatable bonds is 4. The molecule has 0 N–H and O–H groups in total. The molecule has 0 aliphatic carbocycles. The largest absolute Gasteiger partial charge is 0.467 e. The van der Waals surface area contributed by atoms with E-state index in [1.165, 1.54) is 0 Å². The Labute approximate surface area is 63.8 Å². The van der Waals surface area contributed by atoms with Gasteiger partial charge in [-0.3, -0.25) is 0 Å². The van der Waals surface area contributed by atoms with Crippen LogP contribution in [0.25, 0.3) is 0 Å². The SMILES string of the molecule is CC(C)CCOC(F)=C(F)F. The Bertz CT molecular complexity index is 139. The quantitative estimate of drug-likeness (QED) is 0.586. The summed E-state index contributed by atoms with van der Waals surface area (Å²) in [4.78, 5) is 0. The van der Waals surface area contributed by atoms with Gasteiger partial charge in [0.1, 0.15) is 0 Å². The van der Waals surface area contributed by atoms with E-state index < -0.39 is 12.1 Å². The summed E-state index contributed by atoms with van der Waals surface area (Å²) in [6, 6.07) is -1.76. The first-order valence-corrected chi connectivity index (χ1v) is 3.37. The van der Waals surface area contributed by atoms with Gasteiger partial charge < -0.3 is 4.74 Å². The highest BCUT2D eigenvalue weighted by Gasteiger charge is 2.05. The third-order valence-electron chi connectivity index (χ3n) is 1.07. The monoisotopic (exact) mass is 168 g/mol. The van der Waals surface area contributed by atoms with E-state index in [9.17, 15) is 13.2 Å². The van der Waals surface area contributed by atoms with Crippen LogP contribution in [0.1, 0.15) is 20.3 Å². The number of hydrogen-bond acceptors (Lipinski definition) is 1. The van der Waals surface area contributed by atoms with Crippen LogP contribution in [0.2, 0.25) is 0 Å². The fourth-order valence-electron chi connectivity index (χ4n) is 0.439. The van der Waals surface area contributed by atoms with Crippen molar-refractivity contribution in [2.75, 3.05) is 6.61 Å². The fraction of sp³-hybridized carbons (Fsp3) is 0.714. The molecule has 1 nitrogen and oxygen atoms in total. The van der Waals surface area contributed by atoms with Crippen LogP contribution in [0, 0.1) is 5.92 Å². The molecule has 0 radical (unpaired) electrons. The van der Waals surface area contributed by atoms with E-state index in [1.807, 2.05) is 13.8 Å². The second kappa shape index (κ2) is 5.04. The van der Waals surface area contributed by atoms with Crippen molar-refractivity contribution in [3.8, 4) is 0 Å². The van der Waals surface area contributed by atoms with Crippen LogP contribution in [-0.4, -0.2) is 6.61 Å². The summed E-state index contributed by atoms with van der Waals surface area (Å²) in [5.74, 6) is 0.325. The molecular weight excluding hydrogens is 157 g/mol. The van der Waals surface area contributed by atoms with Crippen molar-refractivity contribution < 1.29 is 17.9 Å². The van der Waals surface area contributed by atoms with E-state index in [1.54, 1.807) is 0 Å². The highest BCUT2D eigenvalue weighted by atomic mass is 19.3. The summed E-state index contributed by atoms with van der Waals surface area (Å²) in [5, 5.41) is 0. The molecular formula is C7H11F3O. The molecule has 0 amide bonds. The first-order chi connectivity index (χ1) is 5.04. The van der Waals surface area contributed by atoms with Gasteiger partial charge in [-0.1, -0.05) is 13.8 Å². The first-order valence-electron chi connectivity index (χ1n) is 3.37. The van der Waals surface area contributed by atoms with Crippen LogP contribution in [0.3, 0.4) is 0 Å². The first kappa shape index (κ1) is 10.3. The summed E-state index contributed by atoms with van der Waals surface area (Å²) in [5.41, 5.74) is 0. The number of halogens is 3. The molecule has 0 saturated heterocycles. The van der Waals surface area contributed by atoms with Crippen LogP contribution >= 0.6 is 0 Å². The molecule has 0 aromatic rings. The molecule has 0 saturated carbocycles. The van der Waals surface area contributed by atoms with E-state index >= 15 is 0 Å². The summed E-state index contributed by atoms with van der Waals surface area (Å²) >= 11 is 0. The normalized spacial score (nSPS) is 10.0. The molecule has 0 aliphatic rings. The minimum atomic E-state index is -2.39. The van der Waals surface area contributed by atoms with Crippen LogP contribution in [-0.2, 0) is 4.74 Å². The molecule has 0 rings (SSSR count). The lowest BCUT2D eigenvalue weighted by Crippen LogP contribution is -1.97. The Balaban J connectivity index is 3.48. The predicted molar refractivity (Wildman–Crippen MR) is 35.8 cm³/mol. The maximum atomic E-state index is 11.9. The van der Waals surface area contributed by atoms with Gasteiger partial charge in [0.2, 0.25) is 0 Å². The van der Waals surface area contributed by atoms with E-state index in [4.69, 9.17) is 0 Å². The van der Waals surface area contributed by atoms with Gasteiger partial charge in [0.25, 0.3) is 0 Å². The zero-order valence-corrected chi connectivity index (χ0v) is 6.53. The van der Waals surface area contributed by atoms with Gasteiger partial charge in [-0.2, -0.15) is 13.2 Å². The molecule has 0 aromatic heterocycles. The molecule has 0 unspecified atom stereocenters. The molecule has 0 aromatic carbocycles. The second-order valence-corrected chi connectivity index (χ2v) is 2.57. The van der Waals surface area contributed by atoms with Crippen molar-refractivity contribution in [3.05, 3.63) is 12.1 Å². The third kappa shape index (κ3) is 5.76. The van der Waals surface area contributed by atoms with Crippen LogP contribution < -0.4 is 0 Å². The predicted octanol–water partition coefficient (Wildman–Crippen LogP) is 3.08. The van der Waals surface area contributed by atoms with Crippen molar-refractivity contribution in [1.82, 2.24) is 0 Å². The standard InChI is InChI=1S/C7H11F3O/c1-5(2)3-4-11-7(10)6(8)9/h5H,3-4H2,1-2H3. The van der Waals surface area contributed by atoms with E-state index in [-0.39, 0.29) is 6.61 Å². The topological polar surface area (TPSA) is 9.23 Å². The van der Waals surface area contributed by atoms with Crippen LogP contribution in [0.4, 0.5) is 13.2 Å². The fourth-order valence-corrected chi connectivity index (χ4v) is 0.439. The molecule has 4 heteroatoms. The summed E-state index contributed by atoms with van der Waals surface area (Å²) in [6.45, 7) is 3.80. The number of ether oxygens (including phenoxy) is 1. The van der Waals surface area contributed by atoms with E-state index in [0.717, 1.165) is 0 Å². The second-order valence-electron chi connectivity index (χ2n) is 2.57. The van der Waals surface area contributed by atoms with Crippen molar-refractivity contribution in [2.24, 2.45) is 5.92 Å². The minimum absolute atomic E-state index is 0.000833. The van der Waals surface area contributed by atoms with Gasteiger partial charge in [-0.15, -0.1) is 0 Å². The van der Waals surface area contributed by atoms with E-state index in [2.05, 4.69) is 4.74 Å². The maximum Gasteiger partial charge on any atom is 0.342 e. The van der Waals surface area contributed by atoms with Gasteiger partial charge in [0.15, 0.2) is 0 Å². The van der Waals surface area contributed by atoms with Crippen molar-refractivity contribution >= 4 is 0 Å². The Morgan fingerprint density at radius 3 is 2.18 bits per heavy atom. The van der Waals surface area contributed by atoms with Crippen LogP contribution in [0.5, 0.6) is 0 Å². The van der Waals surface area contributed by atoms with Gasteiger partial charge >= 0.3 is 12.1 Å². The lowest BCUT2D eigenvalue weighted by Gasteiger charge is -2.04. The smallest absolute Gasteiger partial charge is 0.342 e. The maximum absolute atomic E-state index is 11.9. The molecule has 0 bridgehead atoms. The molecule has 0 heterocycles. The molecule has 0 spiro atoms. The Morgan fingerprint density at radius 2 is 1.82 bits per heavy atom. The van der Waals surface area contributed by atoms with Gasteiger partial charge in [-0.25, -0.2) is 0 Å².